The Bertz CT molecular complexity index is 1260. The van der Waals surface area contributed by atoms with E-state index in [1.165, 1.54) is 16.5 Å². The standard InChI is InChI=1S/C24H19ClN2O2S/c1-3-18-8-7-11-22(16-18)30(28,29)27-17-24(2,20-9-5-4-6-10-20)23(26-27)19-12-14-21(25)15-13-19/h1,4-16H,17H2,2H3. The van der Waals surface area contributed by atoms with E-state index in [0.717, 1.165) is 11.1 Å². The molecule has 0 fully saturated rings. The molecule has 0 saturated heterocycles. The third kappa shape index (κ3) is 3.49. The third-order valence-electron chi connectivity index (χ3n) is 5.29. The zero-order valence-corrected chi connectivity index (χ0v) is 17.9. The van der Waals surface area contributed by atoms with Crippen LogP contribution >= 0.6 is 11.6 Å². The number of hydrogen-bond donors (Lipinski definition) is 0. The number of benzene rings is 3. The smallest absolute Gasteiger partial charge is 0.200 e. The Kier molecular flexibility index (Phi) is 5.15. The molecule has 0 radical (unpaired) electrons. The minimum atomic E-state index is -3.88. The van der Waals surface area contributed by atoms with Crippen molar-refractivity contribution in [3.63, 3.8) is 0 Å². The first-order chi connectivity index (χ1) is 14.3. The molecule has 30 heavy (non-hydrogen) atoms. The van der Waals surface area contributed by atoms with Gasteiger partial charge in [-0.25, -0.2) is 0 Å². The molecule has 1 atom stereocenters. The lowest BCUT2D eigenvalue weighted by Gasteiger charge is -2.27. The molecule has 3 aromatic rings. The molecule has 0 aliphatic carbocycles. The van der Waals surface area contributed by atoms with E-state index >= 15 is 0 Å². The molecule has 0 saturated carbocycles. The van der Waals surface area contributed by atoms with Crippen molar-refractivity contribution in [2.75, 3.05) is 6.54 Å². The van der Waals surface area contributed by atoms with Gasteiger partial charge in [0.1, 0.15) is 0 Å². The minimum absolute atomic E-state index is 0.120. The van der Waals surface area contributed by atoms with Gasteiger partial charge in [-0.05, 0) is 48.4 Å². The van der Waals surface area contributed by atoms with E-state index in [1.54, 1.807) is 24.3 Å². The van der Waals surface area contributed by atoms with Gasteiger partial charge in [0.2, 0.25) is 0 Å². The molecule has 4 rings (SSSR count). The number of hydrogen-bond acceptors (Lipinski definition) is 3. The maximum Gasteiger partial charge on any atom is 0.279 e. The minimum Gasteiger partial charge on any atom is -0.200 e. The van der Waals surface area contributed by atoms with Gasteiger partial charge in [0.15, 0.2) is 0 Å². The number of nitrogens with zero attached hydrogens (tertiary/aromatic N) is 2. The summed E-state index contributed by atoms with van der Waals surface area (Å²) in [5.41, 5.74) is 2.34. The van der Waals surface area contributed by atoms with Crippen molar-refractivity contribution in [1.29, 1.82) is 0 Å². The lowest BCUT2D eigenvalue weighted by atomic mass is 9.76. The van der Waals surface area contributed by atoms with Crippen LogP contribution in [0.4, 0.5) is 0 Å². The van der Waals surface area contributed by atoms with Crippen molar-refractivity contribution in [2.45, 2.75) is 17.2 Å². The first-order valence-corrected chi connectivity index (χ1v) is 11.2. The van der Waals surface area contributed by atoms with Gasteiger partial charge in [-0.2, -0.15) is 17.9 Å². The molecule has 0 bridgehead atoms. The summed E-state index contributed by atoms with van der Waals surface area (Å²) in [5.74, 6) is 2.48. The van der Waals surface area contributed by atoms with Gasteiger partial charge in [0.05, 0.1) is 22.6 Å². The summed E-state index contributed by atoms with van der Waals surface area (Å²) in [7, 11) is -3.88. The zero-order valence-electron chi connectivity index (χ0n) is 16.3. The van der Waals surface area contributed by atoms with Gasteiger partial charge < -0.3 is 0 Å². The average Bonchev–Trinajstić information content (AvgIpc) is 3.14. The second-order valence-electron chi connectivity index (χ2n) is 7.31. The van der Waals surface area contributed by atoms with Crippen LogP contribution in [0.15, 0.2) is 88.9 Å². The first-order valence-electron chi connectivity index (χ1n) is 9.34. The van der Waals surface area contributed by atoms with Crippen LogP contribution in [0.2, 0.25) is 5.02 Å². The molecule has 1 aliphatic heterocycles. The highest BCUT2D eigenvalue weighted by molar-refractivity contribution is 7.89. The molecule has 0 amide bonds. The van der Waals surface area contributed by atoms with E-state index in [-0.39, 0.29) is 11.4 Å². The number of hydrazone groups is 1. The van der Waals surface area contributed by atoms with Crippen molar-refractivity contribution < 1.29 is 8.42 Å². The Morgan fingerprint density at radius 1 is 1.03 bits per heavy atom. The molecular weight excluding hydrogens is 416 g/mol. The Hall–Kier alpha value is -3.07. The summed E-state index contributed by atoms with van der Waals surface area (Å²) in [6.07, 6.45) is 5.45. The average molecular weight is 435 g/mol. The van der Waals surface area contributed by atoms with E-state index < -0.39 is 15.4 Å². The molecule has 150 valence electrons. The first kappa shape index (κ1) is 20.2. The Morgan fingerprint density at radius 2 is 1.73 bits per heavy atom. The number of rotatable bonds is 4. The number of sulfonamides is 1. The number of halogens is 1. The molecular formula is C24H19ClN2O2S. The second-order valence-corrected chi connectivity index (χ2v) is 9.59. The molecule has 1 heterocycles. The molecule has 3 aromatic carbocycles. The predicted molar refractivity (Wildman–Crippen MR) is 120 cm³/mol. The zero-order chi connectivity index (χ0) is 21.4. The quantitative estimate of drug-likeness (QED) is 0.559. The number of terminal acetylenes is 1. The highest BCUT2D eigenvalue weighted by Gasteiger charge is 2.44. The van der Waals surface area contributed by atoms with Gasteiger partial charge in [-0.15, -0.1) is 6.42 Å². The van der Waals surface area contributed by atoms with E-state index in [9.17, 15) is 8.42 Å². The summed E-state index contributed by atoms with van der Waals surface area (Å²) in [6.45, 7) is 2.18. The fourth-order valence-corrected chi connectivity index (χ4v) is 5.14. The van der Waals surface area contributed by atoms with Crippen LogP contribution in [0.1, 0.15) is 23.6 Å². The van der Waals surface area contributed by atoms with E-state index in [0.29, 0.717) is 16.3 Å². The van der Waals surface area contributed by atoms with Gasteiger partial charge >= 0.3 is 0 Å². The second kappa shape index (κ2) is 7.64. The molecule has 6 heteroatoms. The van der Waals surface area contributed by atoms with Crippen LogP contribution in [0, 0.1) is 12.3 Å². The Morgan fingerprint density at radius 3 is 2.40 bits per heavy atom. The fraction of sp³-hybridized carbons (Fsp3) is 0.125. The predicted octanol–water partition coefficient (Wildman–Crippen LogP) is 4.69. The summed E-state index contributed by atoms with van der Waals surface area (Å²) in [5, 5.41) is 5.19. The van der Waals surface area contributed by atoms with Crippen LogP contribution in [0.25, 0.3) is 0 Å². The third-order valence-corrected chi connectivity index (χ3v) is 7.16. The summed E-state index contributed by atoms with van der Waals surface area (Å²) < 4.78 is 27.9. The van der Waals surface area contributed by atoms with Gasteiger partial charge in [-0.3, -0.25) is 0 Å². The highest BCUT2D eigenvalue weighted by Crippen LogP contribution is 2.37. The highest BCUT2D eigenvalue weighted by atomic mass is 35.5. The topological polar surface area (TPSA) is 49.7 Å². The van der Waals surface area contributed by atoms with Crippen LogP contribution in [-0.4, -0.2) is 25.1 Å². The van der Waals surface area contributed by atoms with Gasteiger partial charge in [-0.1, -0.05) is 66.1 Å². The fourth-order valence-electron chi connectivity index (χ4n) is 3.63. The van der Waals surface area contributed by atoms with Crippen LogP contribution in [0.5, 0.6) is 0 Å². The Labute approximate surface area is 181 Å². The normalized spacial score (nSPS) is 18.7. The molecule has 1 aliphatic rings. The lowest BCUT2D eigenvalue weighted by molar-refractivity contribution is 0.418. The van der Waals surface area contributed by atoms with Crippen molar-refractivity contribution >= 4 is 27.3 Å². The van der Waals surface area contributed by atoms with Crippen LogP contribution in [-0.2, 0) is 15.4 Å². The van der Waals surface area contributed by atoms with Crippen molar-refractivity contribution in [3.05, 3.63) is 101 Å². The molecule has 1 unspecified atom stereocenters. The van der Waals surface area contributed by atoms with Gasteiger partial charge in [0, 0.05) is 10.6 Å². The largest absolute Gasteiger partial charge is 0.279 e. The van der Waals surface area contributed by atoms with Crippen molar-refractivity contribution in [2.24, 2.45) is 5.10 Å². The Balaban J connectivity index is 1.84. The summed E-state index contributed by atoms with van der Waals surface area (Å²) in [4.78, 5) is 0.120. The molecule has 4 nitrogen and oxygen atoms in total. The van der Waals surface area contributed by atoms with E-state index in [1.807, 2.05) is 49.4 Å². The molecule has 0 N–H and O–H groups in total. The summed E-state index contributed by atoms with van der Waals surface area (Å²) in [6, 6.07) is 23.4. The SMILES string of the molecule is C#Cc1cccc(S(=O)(=O)N2CC(C)(c3ccccc3)C(c3ccc(Cl)cc3)=N2)c1. The van der Waals surface area contributed by atoms with Crippen molar-refractivity contribution in [1.82, 2.24) is 4.41 Å². The maximum atomic E-state index is 13.4. The molecule has 0 aromatic heterocycles. The van der Waals surface area contributed by atoms with Crippen LogP contribution < -0.4 is 0 Å². The molecule has 0 spiro atoms. The monoisotopic (exact) mass is 434 g/mol. The lowest BCUT2D eigenvalue weighted by Crippen LogP contribution is -2.37. The maximum absolute atomic E-state index is 13.4. The van der Waals surface area contributed by atoms with E-state index in [2.05, 4.69) is 11.0 Å². The van der Waals surface area contributed by atoms with Crippen molar-refractivity contribution in [3.8, 4) is 12.3 Å². The van der Waals surface area contributed by atoms with Crippen LogP contribution in [0.3, 0.4) is 0 Å². The van der Waals surface area contributed by atoms with E-state index in [4.69, 9.17) is 18.0 Å². The summed E-state index contributed by atoms with van der Waals surface area (Å²) >= 11 is 6.05. The van der Waals surface area contributed by atoms with Gasteiger partial charge in [0.25, 0.3) is 10.0 Å².